The van der Waals surface area contributed by atoms with E-state index in [1.807, 2.05) is 6.92 Å². The fourth-order valence-corrected chi connectivity index (χ4v) is 1.80. The predicted octanol–water partition coefficient (Wildman–Crippen LogP) is -0.0346. The molecule has 0 saturated carbocycles. The van der Waals surface area contributed by atoms with E-state index in [0.717, 1.165) is 19.4 Å². The number of hydrogen-bond donors (Lipinski definition) is 3. The molecule has 1 fully saturated rings. The fourth-order valence-electron chi connectivity index (χ4n) is 1.80. The number of carboxylic acid groups (broad SMARTS) is 1. The van der Waals surface area contributed by atoms with Gasteiger partial charge < -0.3 is 15.7 Å². The first-order chi connectivity index (χ1) is 7.11. The Hall–Kier alpha value is -1.10. The Balaban J connectivity index is 2.29. The molecule has 1 amide bonds. The third kappa shape index (κ3) is 3.87. The molecule has 1 heterocycles. The number of aliphatic carboxylic acids is 1. The molecular formula is C10H18N2O3. The highest BCUT2D eigenvalue weighted by molar-refractivity contribution is 5.82. The number of carbonyl (C=O) groups excluding carboxylic acids is 1. The summed E-state index contributed by atoms with van der Waals surface area (Å²) >= 11 is 0. The molecule has 0 radical (unpaired) electrons. The zero-order chi connectivity index (χ0) is 11.3. The number of nitrogens with one attached hydrogen (secondary N) is 2. The van der Waals surface area contributed by atoms with Gasteiger partial charge in [0.25, 0.3) is 0 Å². The second-order valence-electron chi connectivity index (χ2n) is 3.99. The zero-order valence-electron chi connectivity index (χ0n) is 8.95. The van der Waals surface area contributed by atoms with E-state index in [-0.39, 0.29) is 24.9 Å². The molecule has 3 N–H and O–H groups in total. The van der Waals surface area contributed by atoms with Gasteiger partial charge in [-0.15, -0.1) is 0 Å². The average Bonchev–Trinajstić information content (AvgIpc) is 2.17. The van der Waals surface area contributed by atoms with Crippen molar-refractivity contribution >= 4 is 11.9 Å². The first-order valence-corrected chi connectivity index (χ1v) is 5.34. The van der Waals surface area contributed by atoms with E-state index in [1.54, 1.807) is 0 Å². The van der Waals surface area contributed by atoms with Crippen molar-refractivity contribution in [1.82, 2.24) is 10.6 Å². The van der Waals surface area contributed by atoms with Gasteiger partial charge in [-0.1, -0.05) is 6.92 Å². The largest absolute Gasteiger partial charge is 0.481 e. The van der Waals surface area contributed by atoms with Crippen LogP contribution in [0.1, 0.15) is 26.2 Å². The molecule has 0 aromatic carbocycles. The number of carboxylic acids is 1. The van der Waals surface area contributed by atoms with E-state index >= 15 is 0 Å². The van der Waals surface area contributed by atoms with Crippen molar-refractivity contribution in [1.29, 1.82) is 0 Å². The van der Waals surface area contributed by atoms with Crippen LogP contribution in [0.25, 0.3) is 0 Å². The van der Waals surface area contributed by atoms with Gasteiger partial charge in [0.05, 0.1) is 12.5 Å². The fraction of sp³-hybridized carbons (Fsp3) is 0.800. The smallest absolute Gasteiger partial charge is 0.305 e. The molecule has 0 bridgehead atoms. The summed E-state index contributed by atoms with van der Waals surface area (Å²) in [6.07, 6.45) is 2.12. The van der Waals surface area contributed by atoms with E-state index in [0.29, 0.717) is 5.92 Å². The van der Waals surface area contributed by atoms with Crippen LogP contribution in [-0.2, 0) is 9.59 Å². The normalized spacial score (nSPS) is 25.9. The molecule has 1 aliphatic heterocycles. The Kier molecular flexibility index (Phi) is 4.55. The van der Waals surface area contributed by atoms with Crippen molar-refractivity contribution in [3.8, 4) is 0 Å². The van der Waals surface area contributed by atoms with Crippen LogP contribution in [0, 0.1) is 5.92 Å². The van der Waals surface area contributed by atoms with Gasteiger partial charge in [-0.25, -0.2) is 0 Å². The highest BCUT2D eigenvalue weighted by Crippen LogP contribution is 2.15. The summed E-state index contributed by atoms with van der Waals surface area (Å²) in [6.45, 7) is 3.11. The predicted molar refractivity (Wildman–Crippen MR) is 55.5 cm³/mol. The highest BCUT2D eigenvalue weighted by atomic mass is 16.4. The van der Waals surface area contributed by atoms with E-state index < -0.39 is 5.97 Å². The molecule has 0 spiro atoms. The molecule has 1 aliphatic rings. The van der Waals surface area contributed by atoms with Gasteiger partial charge in [0.15, 0.2) is 0 Å². The minimum atomic E-state index is -0.889. The molecule has 0 aromatic rings. The van der Waals surface area contributed by atoms with E-state index in [2.05, 4.69) is 10.6 Å². The maximum absolute atomic E-state index is 11.6. The number of amides is 1. The first kappa shape index (κ1) is 12.0. The lowest BCUT2D eigenvalue weighted by Crippen LogP contribution is -2.51. The van der Waals surface area contributed by atoms with Crippen LogP contribution in [0.5, 0.6) is 0 Å². The van der Waals surface area contributed by atoms with Crippen LogP contribution in [0.15, 0.2) is 0 Å². The van der Waals surface area contributed by atoms with Crippen LogP contribution >= 0.6 is 0 Å². The second kappa shape index (κ2) is 5.70. The Morgan fingerprint density at radius 3 is 2.87 bits per heavy atom. The summed E-state index contributed by atoms with van der Waals surface area (Å²) < 4.78 is 0. The quantitative estimate of drug-likeness (QED) is 0.614. The van der Waals surface area contributed by atoms with Crippen LogP contribution in [0.3, 0.4) is 0 Å². The Morgan fingerprint density at radius 2 is 2.27 bits per heavy atom. The lowest BCUT2D eigenvalue weighted by molar-refractivity contribution is -0.137. The molecule has 15 heavy (non-hydrogen) atoms. The summed E-state index contributed by atoms with van der Waals surface area (Å²) in [4.78, 5) is 21.9. The van der Waals surface area contributed by atoms with Gasteiger partial charge in [-0.3, -0.25) is 9.59 Å². The summed E-state index contributed by atoms with van der Waals surface area (Å²) in [5.41, 5.74) is 0. The monoisotopic (exact) mass is 214 g/mol. The highest BCUT2D eigenvalue weighted by Gasteiger charge is 2.26. The zero-order valence-corrected chi connectivity index (χ0v) is 8.95. The van der Waals surface area contributed by atoms with E-state index in [4.69, 9.17) is 5.11 Å². The minimum absolute atomic E-state index is 0.0210. The number of carbonyl (C=O) groups is 2. The van der Waals surface area contributed by atoms with Crippen LogP contribution in [-0.4, -0.2) is 36.1 Å². The van der Waals surface area contributed by atoms with E-state index in [1.165, 1.54) is 0 Å². The van der Waals surface area contributed by atoms with Crippen LogP contribution in [0.2, 0.25) is 0 Å². The molecule has 2 atom stereocenters. The van der Waals surface area contributed by atoms with E-state index in [9.17, 15) is 9.59 Å². The molecule has 5 nitrogen and oxygen atoms in total. The van der Waals surface area contributed by atoms with Crippen LogP contribution < -0.4 is 10.6 Å². The number of rotatable bonds is 4. The average molecular weight is 214 g/mol. The maximum atomic E-state index is 11.6. The van der Waals surface area contributed by atoms with Gasteiger partial charge >= 0.3 is 5.97 Å². The van der Waals surface area contributed by atoms with Gasteiger partial charge in [0.1, 0.15) is 0 Å². The van der Waals surface area contributed by atoms with Crippen molar-refractivity contribution < 1.29 is 14.7 Å². The molecule has 86 valence electrons. The van der Waals surface area contributed by atoms with Crippen molar-refractivity contribution in [3.05, 3.63) is 0 Å². The minimum Gasteiger partial charge on any atom is -0.481 e. The molecule has 1 rings (SSSR count). The SMILES string of the molecule is CC1CCCNC1C(=O)NCCC(=O)O. The van der Waals surface area contributed by atoms with Gasteiger partial charge in [-0.2, -0.15) is 0 Å². The number of piperidine rings is 1. The molecule has 5 heteroatoms. The topological polar surface area (TPSA) is 78.4 Å². The first-order valence-electron chi connectivity index (χ1n) is 5.34. The molecular weight excluding hydrogens is 196 g/mol. The maximum Gasteiger partial charge on any atom is 0.305 e. The Morgan fingerprint density at radius 1 is 1.53 bits per heavy atom. The van der Waals surface area contributed by atoms with Crippen molar-refractivity contribution in [2.24, 2.45) is 5.92 Å². The molecule has 0 aliphatic carbocycles. The summed E-state index contributed by atoms with van der Waals surface area (Å²) in [5.74, 6) is -0.646. The number of hydrogen-bond acceptors (Lipinski definition) is 3. The summed E-state index contributed by atoms with van der Waals surface area (Å²) in [5, 5.41) is 14.2. The molecule has 2 unspecified atom stereocenters. The standard InChI is InChI=1S/C10H18N2O3/c1-7-3-2-5-11-9(7)10(15)12-6-4-8(13)14/h7,9,11H,2-6H2,1H3,(H,12,15)(H,13,14). The molecule has 0 aromatic heterocycles. The van der Waals surface area contributed by atoms with Gasteiger partial charge in [0.2, 0.25) is 5.91 Å². The third-order valence-corrected chi connectivity index (χ3v) is 2.69. The second-order valence-corrected chi connectivity index (χ2v) is 3.99. The van der Waals surface area contributed by atoms with Crippen LogP contribution in [0.4, 0.5) is 0 Å². The summed E-state index contributed by atoms with van der Waals surface area (Å²) in [6, 6.07) is -0.160. The van der Waals surface area contributed by atoms with Gasteiger partial charge in [0, 0.05) is 6.54 Å². The lowest BCUT2D eigenvalue weighted by atomic mass is 9.92. The third-order valence-electron chi connectivity index (χ3n) is 2.69. The van der Waals surface area contributed by atoms with Crippen molar-refractivity contribution in [3.63, 3.8) is 0 Å². The Bertz CT molecular complexity index is 243. The Labute approximate surface area is 89.2 Å². The van der Waals surface area contributed by atoms with Gasteiger partial charge in [-0.05, 0) is 25.3 Å². The molecule has 1 saturated heterocycles. The van der Waals surface area contributed by atoms with Crippen molar-refractivity contribution in [2.75, 3.05) is 13.1 Å². The lowest BCUT2D eigenvalue weighted by Gasteiger charge is -2.28. The van der Waals surface area contributed by atoms with Crippen molar-refractivity contribution in [2.45, 2.75) is 32.2 Å². The summed E-state index contributed by atoms with van der Waals surface area (Å²) in [7, 11) is 0.